The third-order valence-corrected chi connectivity index (χ3v) is 1.78. The number of rotatable bonds is 2. The zero-order valence-electron chi connectivity index (χ0n) is 5.26. The van der Waals surface area contributed by atoms with Gasteiger partial charge < -0.3 is 4.74 Å². The molecular weight excluding hydrogens is 100 g/mol. The summed E-state index contributed by atoms with van der Waals surface area (Å²) in [6.45, 7) is 7.76. The van der Waals surface area contributed by atoms with Crippen molar-refractivity contribution in [1.82, 2.24) is 0 Å². The molecule has 1 unspecified atom stereocenters. The fourth-order valence-electron chi connectivity index (χ4n) is 0.750. The Labute approximate surface area is 50.3 Å². The van der Waals surface area contributed by atoms with Gasteiger partial charge in [-0.1, -0.05) is 13.0 Å². The van der Waals surface area contributed by atoms with E-state index in [4.69, 9.17) is 4.74 Å². The van der Waals surface area contributed by atoms with Crippen LogP contribution in [0.25, 0.3) is 0 Å². The van der Waals surface area contributed by atoms with Crippen LogP contribution in [0.4, 0.5) is 0 Å². The molecule has 1 fully saturated rings. The van der Waals surface area contributed by atoms with E-state index in [1.807, 2.05) is 6.08 Å². The lowest BCUT2D eigenvalue weighted by molar-refractivity contribution is -0.0481. The van der Waals surface area contributed by atoms with Crippen LogP contribution in [-0.4, -0.2) is 13.2 Å². The summed E-state index contributed by atoms with van der Waals surface area (Å²) in [6.07, 6.45) is 1.99. The summed E-state index contributed by atoms with van der Waals surface area (Å²) in [5.74, 6) is 1.40. The fraction of sp³-hybridized carbons (Fsp3) is 0.714. The Kier molecular flexibility index (Phi) is 1.69. The van der Waals surface area contributed by atoms with Gasteiger partial charge in [-0.25, -0.2) is 0 Å². The largest absolute Gasteiger partial charge is 0.381 e. The van der Waals surface area contributed by atoms with Gasteiger partial charge in [0.1, 0.15) is 0 Å². The van der Waals surface area contributed by atoms with E-state index in [9.17, 15) is 0 Å². The van der Waals surface area contributed by atoms with E-state index in [2.05, 4.69) is 13.5 Å². The van der Waals surface area contributed by atoms with Gasteiger partial charge in [0.2, 0.25) is 0 Å². The standard InChI is InChI=1S/C7H12O/c1-3-6(2)7-4-8-5-7/h3,6-7H,1,4-5H2,2H3. The molecule has 0 aromatic carbocycles. The molecule has 0 spiro atoms. The molecule has 1 nitrogen and oxygen atoms in total. The monoisotopic (exact) mass is 112 g/mol. The van der Waals surface area contributed by atoms with Crippen molar-refractivity contribution in [2.24, 2.45) is 11.8 Å². The van der Waals surface area contributed by atoms with Crippen LogP contribution in [0.1, 0.15) is 6.92 Å². The summed E-state index contributed by atoms with van der Waals surface area (Å²) >= 11 is 0. The van der Waals surface area contributed by atoms with Gasteiger partial charge in [0.05, 0.1) is 13.2 Å². The quantitative estimate of drug-likeness (QED) is 0.491. The first-order chi connectivity index (χ1) is 3.84. The maximum Gasteiger partial charge on any atom is 0.0522 e. The Morgan fingerprint density at radius 2 is 2.38 bits per heavy atom. The second-order valence-electron chi connectivity index (χ2n) is 2.39. The molecule has 0 aromatic heterocycles. The minimum Gasteiger partial charge on any atom is -0.381 e. The normalized spacial score (nSPS) is 24.1. The Morgan fingerprint density at radius 1 is 1.75 bits per heavy atom. The van der Waals surface area contributed by atoms with Crippen molar-refractivity contribution >= 4 is 0 Å². The molecule has 1 aliphatic rings. The van der Waals surface area contributed by atoms with Gasteiger partial charge in [0.25, 0.3) is 0 Å². The van der Waals surface area contributed by atoms with Crippen LogP contribution in [0.5, 0.6) is 0 Å². The van der Waals surface area contributed by atoms with Gasteiger partial charge in [0.15, 0.2) is 0 Å². The highest BCUT2D eigenvalue weighted by molar-refractivity contribution is 4.84. The second-order valence-corrected chi connectivity index (χ2v) is 2.39. The molecule has 0 bridgehead atoms. The van der Waals surface area contributed by atoms with Crippen molar-refractivity contribution in [2.75, 3.05) is 13.2 Å². The van der Waals surface area contributed by atoms with Crippen molar-refractivity contribution < 1.29 is 4.74 Å². The summed E-state index contributed by atoms with van der Waals surface area (Å²) < 4.78 is 5.01. The summed E-state index contributed by atoms with van der Waals surface area (Å²) in [5.41, 5.74) is 0. The van der Waals surface area contributed by atoms with E-state index in [1.165, 1.54) is 0 Å². The Morgan fingerprint density at radius 3 is 2.50 bits per heavy atom. The average molecular weight is 112 g/mol. The van der Waals surface area contributed by atoms with Crippen molar-refractivity contribution in [3.8, 4) is 0 Å². The molecule has 1 atom stereocenters. The summed E-state index contributed by atoms with van der Waals surface area (Å²) in [7, 11) is 0. The van der Waals surface area contributed by atoms with Crippen molar-refractivity contribution in [2.45, 2.75) is 6.92 Å². The van der Waals surface area contributed by atoms with Gasteiger partial charge in [-0.3, -0.25) is 0 Å². The van der Waals surface area contributed by atoms with E-state index in [1.54, 1.807) is 0 Å². The molecule has 46 valence electrons. The topological polar surface area (TPSA) is 9.23 Å². The van der Waals surface area contributed by atoms with Crippen molar-refractivity contribution in [3.63, 3.8) is 0 Å². The number of hydrogen-bond acceptors (Lipinski definition) is 1. The van der Waals surface area contributed by atoms with Crippen LogP contribution in [0.2, 0.25) is 0 Å². The molecule has 0 aliphatic carbocycles. The minimum absolute atomic E-state index is 0.642. The van der Waals surface area contributed by atoms with Crippen LogP contribution in [0, 0.1) is 11.8 Å². The Bertz CT molecular complexity index is 84.4. The highest BCUT2D eigenvalue weighted by atomic mass is 16.5. The Hall–Kier alpha value is -0.300. The first kappa shape index (κ1) is 5.83. The average Bonchev–Trinajstić information content (AvgIpc) is 1.62. The molecular formula is C7H12O. The zero-order chi connectivity index (χ0) is 5.98. The van der Waals surface area contributed by atoms with Crippen LogP contribution in [0.15, 0.2) is 12.7 Å². The predicted octanol–water partition coefficient (Wildman–Crippen LogP) is 1.45. The van der Waals surface area contributed by atoms with Gasteiger partial charge in [-0.2, -0.15) is 0 Å². The van der Waals surface area contributed by atoms with E-state index >= 15 is 0 Å². The van der Waals surface area contributed by atoms with Gasteiger partial charge >= 0.3 is 0 Å². The van der Waals surface area contributed by atoms with Crippen LogP contribution in [0.3, 0.4) is 0 Å². The second kappa shape index (κ2) is 2.31. The summed E-state index contributed by atoms with van der Waals surface area (Å²) in [5, 5.41) is 0. The zero-order valence-corrected chi connectivity index (χ0v) is 5.26. The highest BCUT2D eigenvalue weighted by Gasteiger charge is 2.22. The summed E-state index contributed by atoms with van der Waals surface area (Å²) in [4.78, 5) is 0. The van der Waals surface area contributed by atoms with Gasteiger partial charge in [-0.15, -0.1) is 6.58 Å². The molecule has 1 saturated heterocycles. The van der Waals surface area contributed by atoms with E-state index in [0.717, 1.165) is 19.1 Å². The highest BCUT2D eigenvalue weighted by Crippen LogP contribution is 2.20. The van der Waals surface area contributed by atoms with Gasteiger partial charge in [0, 0.05) is 5.92 Å². The van der Waals surface area contributed by atoms with Crippen molar-refractivity contribution in [1.29, 1.82) is 0 Å². The molecule has 8 heavy (non-hydrogen) atoms. The van der Waals surface area contributed by atoms with Gasteiger partial charge in [-0.05, 0) is 5.92 Å². The third kappa shape index (κ3) is 0.920. The molecule has 0 saturated carbocycles. The lowest BCUT2D eigenvalue weighted by atomic mass is 9.93. The first-order valence-electron chi connectivity index (χ1n) is 3.05. The molecule has 0 amide bonds. The number of ether oxygens (including phenoxy) is 1. The van der Waals surface area contributed by atoms with Crippen molar-refractivity contribution in [3.05, 3.63) is 12.7 Å². The maximum atomic E-state index is 5.01. The molecule has 0 radical (unpaired) electrons. The fourth-order valence-corrected chi connectivity index (χ4v) is 0.750. The van der Waals surface area contributed by atoms with E-state index in [-0.39, 0.29) is 0 Å². The predicted molar refractivity (Wildman–Crippen MR) is 33.7 cm³/mol. The van der Waals surface area contributed by atoms with Crippen LogP contribution in [-0.2, 0) is 4.74 Å². The molecule has 0 N–H and O–H groups in total. The molecule has 0 aromatic rings. The SMILES string of the molecule is C=CC(C)C1COC1. The molecule has 1 rings (SSSR count). The summed E-state index contributed by atoms with van der Waals surface area (Å²) in [6, 6.07) is 0. The maximum absolute atomic E-state index is 5.01. The smallest absolute Gasteiger partial charge is 0.0522 e. The molecule has 1 heterocycles. The molecule has 1 heteroatoms. The number of allylic oxidation sites excluding steroid dienone is 1. The number of hydrogen-bond donors (Lipinski definition) is 0. The van der Waals surface area contributed by atoms with E-state index in [0.29, 0.717) is 5.92 Å². The van der Waals surface area contributed by atoms with E-state index < -0.39 is 0 Å². The molecule has 1 aliphatic heterocycles. The first-order valence-corrected chi connectivity index (χ1v) is 3.05. The Balaban J connectivity index is 2.22. The lowest BCUT2D eigenvalue weighted by Crippen LogP contribution is -2.31. The minimum atomic E-state index is 0.642. The van der Waals surface area contributed by atoms with Crippen LogP contribution >= 0.6 is 0 Å². The third-order valence-electron chi connectivity index (χ3n) is 1.78. The van der Waals surface area contributed by atoms with Crippen LogP contribution < -0.4 is 0 Å². The lowest BCUT2D eigenvalue weighted by Gasteiger charge is -2.29.